The van der Waals surface area contributed by atoms with Crippen molar-refractivity contribution < 1.29 is 9.15 Å². The Labute approximate surface area is 123 Å². The topological polar surface area (TPSA) is 37.6 Å². The number of likely N-dealkylation sites (N-methyl/N-ethyl adjacent to an activating group) is 1. The van der Waals surface area contributed by atoms with Gasteiger partial charge in [0.25, 0.3) is 0 Å². The Balaban J connectivity index is 2.23. The number of nitrogens with zero attached hydrogens (tertiary/aromatic N) is 1. The third-order valence-corrected chi connectivity index (χ3v) is 3.22. The van der Waals surface area contributed by atoms with E-state index in [1.165, 1.54) is 5.56 Å². The molecule has 0 fully saturated rings. The summed E-state index contributed by atoms with van der Waals surface area (Å²) >= 11 is 0. The molecule has 116 valence electrons. The number of furan rings is 1. The van der Waals surface area contributed by atoms with Gasteiger partial charge in [0.05, 0.1) is 12.9 Å². The highest BCUT2D eigenvalue weighted by Gasteiger charge is 2.10. The van der Waals surface area contributed by atoms with Gasteiger partial charge in [-0.05, 0) is 39.9 Å². The van der Waals surface area contributed by atoms with E-state index < -0.39 is 0 Å². The SMILES string of the molecule is CCN(CC)CCOCc1cc(CNC(C)(C)C)co1. The number of ether oxygens (including phenoxy) is 1. The van der Waals surface area contributed by atoms with E-state index in [4.69, 9.17) is 9.15 Å². The van der Waals surface area contributed by atoms with Crippen LogP contribution in [0.4, 0.5) is 0 Å². The highest BCUT2D eigenvalue weighted by Crippen LogP contribution is 2.10. The second kappa shape index (κ2) is 8.45. The van der Waals surface area contributed by atoms with Gasteiger partial charge in [-0.2, -0.15) is 0 Å². The summed E-state index contributed by atoms with van der Waals surface area (Å²) in [5.41, 5.74) is 1.29. The molecule has 0 bridgehead atoms. The zero-order chi connectivity index (χ0) is 15.0. The first-order valence-electron chi connectivity index (χ1n) is 7.56. The lowest BCUT2D eigenvalue weighted by Crippen LogP contribution is -2.34. The van der Waals surface area contributed by atoms with Crippen LogP contribution in [0.1, 0.15) is 45.9 Å². The van der Waals surface area contributed by atoms with Gasteiger partial charge in [-0.25, -0.2) is 0 Å². The van der Waals surface area contributed by atoms with Gasteiger partial charge in [-0.1, -0.05) is 13.8 Å². The Morgan fingerprint density at radius 1 is 1.25 bits per heavy atom. The van der Waals surface area contributed by atoms with Crippen LogP contribution in [-0.4, -0.2) is 36.7 Å². The van der Waals surface area contributed by atoms with Crippen molar-refractivity contribution in [2.75, 3.05) is 26.2 Å². The minimum absolute atomic E-state index is 0.123. The number of hydrogen-bond donors (Lipinski definition) is 1. The van der Waals surface area contributed by atoms with Crippen LogP contribution in [0.3, 0.4) is 0 Å². The van der Waals surface area contributed by atoms with Crippen LogP contribution in [0.5, 0.6) is 0 Å². The van der Waals surface area contributed by atoms with Crippen molar-refractivity contribution in [1.29, 1.82) is 0 Å². The van der Waals surface area contributed by atoms with E-state index in [0.29, 0.717) is 6.61 Å². The lowest BCUT2D eigenvalue weighted by atomic mass is 10.1. The first-order chi connectivity index (χ1) is 9.44. The predicted octanol–water partition coefficient (Wildman–Crippen LogP) is 3.03. The quantitative estimate of drug-likeness (QED) is 0.707. The fraction of sp³-hybridized carbons (Fsp3) is 0.750. The van der Waals surface area contributed by atoms with Gasteiger partial charge < -0.3 is 19.4 Å². The maximum atomic E-state index is 5.66. The normalized spacial score (nSPS) is 12.3. The molecule has 0 atom stereocenters. The summed E-state index contributed by atoms with van der Waals surface area (Å²) in [4.78, 5) is 2.35. The third kappa shape index (κ3) is 7.08. The molecule has 1 aromatic rings. The monoisotopic (exact) mass is 282 g/mol. The first kappa shape index (κ1) is 17.2. The predicted molar refractivity (Wildman–Crippen MR) is 82.7 cm³/mol. The van der Waals surface area contributed by atoms with Crippen molar-refractivity contribution in [2.24, 2.45) is 0 Å². The molecule has 0 saturated carbocycles. The molecule has 0 saturated heterocycles. The Morgan fingerprint density at radius 2 is 1.95 bits per heavy atom. The Morgan fingerprint density at radius 3 is 2.55 bits per heavy atom. The summed E-state index contributed by atoms with van der Waals surface area (Å²) in [6.45, 7) is 16.1. The Bertz CT molecular complexity index is 365. The van der Waals surface area contributed by atoms with Crippen LogP contribution in [0.2, 0.25) is 0 Å². The highest BCUT2D eigenvalue weighted by atomic mass is 16.5. The van der Waals surface area contributed by atoms with Crippen molar-refractivity contribution in [2.45, 2.75) is 53.3 Å². The lowest BCUT2D eigenvalue weighted by molar-refractivity contribution is 0.0844. The van der Waals surface area contributed by atoms with Crippen LogP contribution in [0, 0.1) is 0 Å². The van der Waals surface area contributed by atoms with Gasteiger partial charge in [0, 0.05) is 24.2 Å². The van der Waals surface area contributed by atoms with Crippen molar-refractivity contribution in [3.05, 3.63) is 23.7 Å². The molecule has 0 aliphatic rings. The molecule has 0 aliphatic carbocycles. The zero-order valence-electron chi connectivity index (χ0n) is 13.7. The molecule has 1 aromatic heterocycles. The molecule has 0 aliphatic heterocycles. The minimum atomic E-state index is 0.123. The molecular formula is C16H30N2O2. The number of rotatable bonds is 9. The largest absolute Gasteiger partial charge is 0.467 e. The number of hydrogen-bond acceptors (Lipinski definition) is 4. The molecular weight excluding hydrogens is 252 g/mol. The van der Waals surface area contributed by atoms with E-state index in [1.54, 1.807) is 0 Å². The van der Waals surface area contributed by atoms with Crippen molar-refractivity contribution in [3.8, 4) is 0 Å². The van der Waals surface area contributed by atoms with E-state index in [2.05, 4.69) is 50.9 Å². The van der Waals surface area contributed by atoms with Crippen LogP contribution in [0.15, 0.2) is 16.7 Å². The van der Waals surface area contributed by atoms with E-state index in [0.717, 1.165) is 38.5 Å². The summed E-state index contributed by atoms with van der Waals surface area (Å²) in [5, 5.41) is 3.44. The molecule has 20 heavy (non-hydrogen) atoms. The standard InChI is InChI=1S/C16H30N2O2/c1-6-18(7-2)8-9-19-13-15-10-14(12-20-15)11-17-16(3,4)5/h10,12,17H,6-9,11,13H2,1-5H3. The molecule has 0 aromatic carbocycles. The fourth-order valence-corrected chi connectivity index (χ4v) is 1.87. The van der Waals surface area contributed by atoms with Crippen molar-refractivity contribution in [1.82, 2.24) is 10.2 Å². The Hall–Kier alpha value is -0.840. The molecule has 1 rings (SSSR count). The maximum absolute atomic E-state index is 5.66. The summed E-state index contributed by atoms with van der Waals surface area (Å²) in [5.74, 6) is 0.898. The molecule has 0 amide bonds. The van der Waals surface area contributed by atoms with Crippen LogP contribution < -0.4 is 5.32 Å². The third-order valence-electron chi connectivity index (χ3n) is 3.22. The summed E-state index contributed by atoms with van der Waals surface area (Å²) in [6.07, 6.45) is 1.81. The molecule has 1 N–H and O–H groups in total. The summed E-state index contributed by atoms with van der Waals surface area (Å²) in [7, 11) is 0. The van der Waals surface area contributed by atoms with Gasteiger partial charge in [-0.15, -0.1) is 0 Å². The van der Waals surface area contributed by atoms with Crippen molar-refractivity contribution in [3.63, 3.8) is 0 Å². The van der Waals surface area contributed by atoms with E-state index in [-0.39, 0.29) is 5.54 Å². The molecule has 1 heterocycles. The van der Waals surface area contributed by atoms with Crippen molar-refractivity contribution >= 4 is 0 Å². The molecule has 4 nitrogen and oxygen atoms in total. The smallest absolute Gasteiger partial charge is 0.129 e. The summed E-state index contributed by atoms with van der Waals surface area (Å²) < 4.78 is 11.2. The van der Waals surface area contributed by atoms with E-state index in [1.807, 2.05) is 6.26 Å². The van der Waals surface area contributed by atoms with Crippen LogP contribution in [-0.2, 0) is 17.9 Å². The first-order valence-corrected chi connectivity index (χ1v) is 7.56. The molecule has 4 heteroatoms. The fourth-order valence-electron chi connectivity index (χ4n) is 1.87. The second-order valence-electron chi connectivity index (χ2n) is 6.10. The van der Waals surface area contributed by atoms with Crippen LogP contribution in [0.25, 0.3) is 0 Å². The highest BCUT2D eigenvalue weighted by molar-refractivity contribution is 5.12. The molecule has 0 spiro atoms. The van der Waals surface area contributed by atoms with E-state index >= 15 is 0 Å². The minimum Gasteiger partial charge on any atom is -0.467 e. The van der Waals surface area contributed by atoms with Gasteiger partial charge >= 0.3 is 0 Å². The lowest BCUT2D eigenvalue weighted by Gasteiger charge is -2.19. The van der Waals surface area contributed by atoms with Crippen LogP contribution >= 0.6 is 0 Å². The van der Waals surface area contributed by atoms with Gasteiger partial charge in [-0.3, -0.25) is 0 Å². The maximum Gasteiger partial charge on any atom is 0.129 e. The van der Waals surface area contributed by atoms with Gasteiger partial charge in [0.1, 0.15) is 12.4 Å². The second-order valence-corrected chi connectivity index (χ2v) is 6.10. The van der Waals surface area contributed by atoms with E-state index in [9.17, 15) is 0 Å². The zero-order valence-corrected chi connectivity index (χ0v) is 13.7. The van der Waals surface area contributed by atoms with Gasteiger partial charge in [0.15, 0.2) is 0 Å². The summed E-state index contributed by atoms with van der Waals surface area (Å²) in [6, 6.07) is 2.07. The van der Waals surface area contributed by atoms with Gasteiger partial charge in [0.2, 0.25) is 0 Å². The average Bonchev–Trinajstić information content (AvgIpc) is 2.84. The molecule has 0 radical (unpaired) electrons. The molecule has 0 unspecified atom stereocenters. The number of nitrogens with one attached hydrogen (secondary N) is 1. The average molecular weight is 282 g/mol. The Kier molecular flexibility index (Phi) is 7.27.